The summed E-state index contributed by atoms with van der Waals surface area (Å²) in [7, 11) is 0. The molecule has 4 heteroatoms. The second kappa shape index (κ2) is 4.30. The van der Waals surface area contributed by atoms with E-state index in [9.17, 15) is 4.79 Å². The zero-order chi connectivity index (χ0) is 8.97. The number of amides is 2. The molecule has 0 saturated heterocycles. The summed E-state index contributed by atoms with van der Waals surface area (Å²) < 4.78 is 0. The molecular weight excluding hydrogens is 156 g/mol. The zero-order valence-electron chi connectivity index (χ0n) is 7.34. The maximum Gasteiger partial charge on any atom is 0.315 e. The Morgan fingerprint density at radius 3 is 2.75 bits per heavy atom. The van der Waals surface area contributed by atoms with Gasteiger partial charge in [0.2, 0.25) is 0 Å². The summed E-state index contributed by atoms with van der Waals surface area (Å²) in [6, 6.07) is 0.114. The first-order valence-electron chi connectivity index (χ1n) is 4.44. The van der Waals surface area contributed by atoms with Gasteiger partial charge in [-0.3, -0.25) is 0 Å². The van der Waals surface area contributed by atoms with Gasteiger partial charge >= 0.3 is 6.03 Å². The molecule has 0 spiro atoms. The van der Waals surface area contributed by atoms with E-state index in [1.54, 1.807) is 0 Å². The Morgan fingerprint density at radius 2 is 2.33 bits per heavy atom. The van der Waals surface area contributed by atoms with E-state index in [2.05, 4.69) is 10.6 Å². The van der Waals surface area contributed by atoms with Gasteiger partial charge in [-0.1, -0.05) is 6.92 Å². The van der Waals surface area contributed by atoms with Crippen LogP contribution in [0, 0.1) is 0 Å². The van der Waals surface area contributed by atoms with Crippen molar-refractivity contribution in [2.45, 2.75) is 38.3 Å². The van der Waals surface area contributed by atoms with Crippen molar-refractivity contribution in [3.05, 3.63) is 0 Å². The van der Waals surface area contributed by atoms with Crippen LogP contribution in [0.2, 0.25) is 0 Å². The molecule has 0 bridgehead atoms. The van der Waals surface area contributed by atoms with Crippen LogP contribution < -0.4 is 10.6 Å². The van der Waals surface area contributed by atoms with Gasteiger partial charge in [0.05, 0.1) is 12.6 Å². The molecule has 1 aliphatic carbocycles. The molecule has 1 fully saturated rings. The Balaban J connectivity index is 2.13. The van der Waals surface area contributed by atoms with E-state index < -0.39 is 0 Å². The minimum atomic E-state index is -0.154. The van der Waals surface area contributed by atoms with Gasteiger partial charge in [-0.15, -0.1) is 0 Å². The number of hydrogen-bond acceptors (Lipinski definition) is 2. The topological polar surface area (TPSA) is 61.4 Å². The first-order chi connectivity index (χ1) is 5.76. The second-order valence-electron chi connectivity index (χ2n) is 3.18. The van der Waals surface area contributed by atoms with Crippen LogP contribution in [0.3, 0.4) is 0 Å². The van der Waals surface area contributed by atoms with Crippen molar-refractivity contribution >= 4 is 6.03 Å². The van der Waals surface area contributed by atoms with Crippen molar-refractivity contribution in [2.24, 2.45) is 0 Å². The fourth-order valence-corrected chi connectivity index (χ4v) is 0.917. The van der Waals surface area contributed by atoms with Gasteiger partial charge in [0.1, 0.15) is 0 Å². The molecule has 12 heavy (non-hydrogen) atoms. The predicted octanol–water partition coefficient (Wildman–Crippen LogP) is 0.219. The summed E-state index contributed by atoms with van der Waals surface area (Å²) in [4.78, 5) is 11.1. The van der Waals surface area contributed by atoms with E-state index >= 15 is 0 Å². The van der Waals surface area contributed by atoms with Crippen molar-refractivity contribution in [1.29, 1.82) is 0 Å². The highest BCUT2D eigenvalue weighted by molar-refractivity contribution is 5.74. The normalized spacial score (nSPS) is 18.5. The third-order valence-corrected chi connectivity index (χ3v) is 1.96. The lowest BCUT2D eigenvalue weighted by Crippen LogP contribution is -2.44. The molecule has 1 rings (SSSR count). The third-order valence-electron chi connectivity index (χ3n) is 1.96. The highest BCUT2D eigenvalue weighted by Crippen LogP contribution is 2.18. The van der Waals surface area contributed by atoms with Crippen LogP contribution in [0.15, 0.2) is 0 Å². The van der Waals surface area contributed by atoms with Crippen molar-refractivity contribution in [2.75, 3.05) is 6.61 Å². The molecule has 0 unspecified atom stereocenters. The summed E-state index contributed by atoms with van der Waals surface area (Å²) in [5.74, 6) is 0. The molecule has 1 saturated carbocycles. The largest absolute Gasteiger partial charge is 0.394 e. The maximum absolute atomic E-state index is 11.1. The molecular formula is C8H16N2O2. The van der Waals surface area contributed by atoms with E-state index in [1.807, 2.05) is 6.92 Å². The standard InChI is InChI=1S/C8H16N2O2/c1-2-6(5-11)9-8(12)10-7-3-4-7/h6-7,11H,2-5H2,1H3,(H2,9,10,12)/t6-/m0/s1. The lowest BCUT2D eigenvalue weighted by atomic mass is 10.2. The van der Waals surface area contributed by atoms with Crippen molar-refractivity contribution in [3.8, 4) is 0 Å². The van der Waals surface area contributed by atoms with Gasteiger partial charge in [-0.25, -0.2) is 4.79 Å². The number of hydrogen-bond donors (Lipinski definition) is 3. The Morgan fingerprint density at radius 1 is 1.67 bits per heavy atom. The van der Waals surface area contributed by atoms with E-state index in [0.717, 1.165) is 19.3 Å². The number of aliphatic hydroxyl groups excluding tert-OH is 1. The minimum Gasteiger partial charge on any atom is -0.394 e. The Bertz CT molecular complexity index is 153. The molecule has 0 radical (unpaired) electrons. The third kappa shape index (κ3) is 3.09. The molecule has 1 atom stereocenters. The SMILES string of the molecule is CC[C@@H](CO)NC(=O)NC1CC1. The lowest BCUT2D eigenvalue weighted by molar-refractivity contribution is 0.214. The zero-order valence-corrected chi connectivity index (χ0v) is 7.34. The molecule has 0 aliphatic heterocycles. The van der Waals surface area contributed by atoms with E-state index in [0.29, 0.717) is 6.04 Å². The van der Waals surface area contributed by atoms with Crippen LogP contribution in [0.1, 0.15) is 26.2 Å². The second-order valence-corrected chi connectivity index (χ2v) is 3.18. The Kier molecular flexibility index (Phi) is 3.34. The average Bonchev–Trinajstić information content (AvgIpc) is 2.84. The molecule has 1 aliphatic rings. The van der Waals surface area contributed by atoms with Crippen LogP contribution in [0.5, 0.6) is 0 Å². The van der Waals surface area contributed by atoms with Gasteiger partial charge in [-0.05, 0) is 19.3 Å². The van der Waals surface area contributed by atoms with Gasteiger partial charge in [0, 0.05) is 6.04 Å². The number of urea groups is 1. The fraction of sp³-hybridized carbons (Fsp3) is 0.875. The number of carbonyl (C=O) groups excluding carboxylic acids is 1. The van der Waals surface area contributed by atoms with Crippen molar-refractivity contribution < 1.29 is 9.90 Å². The highest BCUT2D eigenvalue weighted by atomic mass is 16.3. The number of nitrogens with one attached hydrogen (secondary N) is 2. The summed E-state index contributed by atoms with van der Waals surface area (Å²) in [6.07, 6.45) is 2.93. The molecule has 4 nitrogen and oxygen atoms in total. The number of aliphatic hydroxyl groups is 1. The molecule has 3 N–H and O–H groups in total. The van der Waals surface area contributed by atoms with Crippen LogP contribution in [-0.4, -0.2) is 29.8 Å². The summed E-state index contributed by atoms with van der Waals surface area (Å²) >= 11 is 0. The van der Waals surface area contributed by atoms with Gasteiger partial charge in [-0.2, -0.15) is 0 Å². The summed E-state index contributed by atoms with van der Waals surface area (Å²) in [5.41, 5.74) is 0. The number of rotatable bonds is 4. The Labute approximate surface area is 72.3 Å². The van der Waals surface area contributed by atoms with E-state index in [4.69, 9.17) is 5.11 Å². The van der Waals surface area contributed by atoms with Crippen molar-refractivity contribution in [3.63, 3.8) is 0 Å². The highest BCUT2D eigenvalue weighted by Gasteiger charge is 2.23. The molecule has 2 amide bonds. The lowest BCUT2D eigenvalue weighted by Gasteiger charge is -2.14. The molecule has 0 heterocycles. The van der Waals surface area contributed by atoms with Gasteiger partial charge in [0.25, 0.3) is 0 Å². The van der Waals surface area contributed by atoms with E-state index in [1.165, 1.54) is 0 Å². The minimum absolute atomic E-state index is 0.00852. The molecule has 70 valence electrons. The first-order valence-corrected chi connectivity index (χ1v) is 4.44. The molecule has 0 aromatic rings. The first kappa shape index (κ1) is 9.32. The van der Waals surface area contributed by atoms with Gasteiger partial charge in [0.15, 0.2) is 0 Å². The smallest absolute Gasteiger partial charge is 0.315 e. The van der Waals surface area contributed by atoms with Crippen LogP contribution in [0.25, 0.3) is 0 Å². The monoisotopic (exact) mass is 172 g/mol. The number of carbonyl (C=O) groups is 1. The van der Waals surface area contributed by atoms with Crippen LogP contribution in [0.4, 0.5) is 4.79 Å². The summed E-state index contributed by atoms with van der Waals surface area (Å²) in [5, 5.41) is 14.3. The quantitative estimate of drug-likeness (QED) is 0.568. The van der Waals surface area contributed by atoms with Crippen LogP contribution in [-0.2, 0) is 0 Å². The Hall–Kier alpha value is -0.770. The maximum atomic E-state index is 11.1. The summed E-state index contributed by atoms with van der Waals surface area (Å²) in [6.45, 7) is 1.94. The van der Waals surface area contributed by atoms with Gasteiger partial charge < -0.3 is 15.7 Å². The molecule has 0 aromatic heterocycles. The van der Waals surface area contributed by atoms with Crippen LogP contribution >= 0.6 is 0 Å². The average molecular weight is 172 g/mol. The predicted molar refractivity (Wildman–Crippen MR) is 45.9 cm³/mol. The van der Waals surface area contributed by atoms with Crippen molar-refractivity contribution in [1.82, 2.24) is 10.6 Å². The van der Waals surface area contributed by atoms with E-state index in [-0.39, 0.29) is 18.7 Å². The molecule has 0 aromatic carbocycles. The fourth-order valence-electron chi connectivity index (χ4n) is 0.917.